The topological polar surface area (TPSA) is 60.5 Å². The van der Waals surface area contributed by atoms with Gasteiger partial charge in [-0.05, 0) is 42.7 Å². The molecule has 4 rings (SSSR count). The van der Waals surface area contributed by atoms with Gasteiger partial charge in [0, 0.05) is 6.20 Å². The van der Waals surface area contributed by atoms with Gasteiger partial charge in [0.15, 0.2) is 11.5 Å². The maximum Gasteiger partial charge on any atom is 0.231 e. The molecule has 2 aromatic rings. The van der Waals surface area contributed by atoms with Crippen LogP contribution in [-0.2, 0) is 10.3 Å². The van der Waals surface area contributed by atoms with Crippen LogP contribution in [0.5, 0.6) is 11.5 Å². The minimum atomic E-state index is -0.308. The predicted molar refractivity (Wildman–Crippen MR) is 101 cm³/mol. The Labute approximate surface area is 157 Å². The lowest BCUT2D eigenvalue weighted by Crippen LogP contribution is -2.44. The number of pyridine rings is 1. The Morgan fingerprint density at radius 2 is 1.92 bits per heavy atom. The fourth-order valence-electron chi connectivity index (χ4n) is 3.68. The first kappa shape index (κ1) is 17.2. The number of carbonyl (C=O) groups excluding carboxylic acids is 1. The molecule has 1 saturated carbocycles. The highest BCUT2D eigenvalue weighted by Gasteiger charge is 2.37. The second-order valence-electron chi connectivity index (χ2n) is 6.65. The van der Waals surface area contributed by atoms with Crippen LogP contribution in [0.25, 0.3) is 0 Å². The zero-order valence-corrected chi connectivity index (χ0v) is 15.4. The molecule has 6 heteroatoms. The Balaban J connectivity index is 1.48. The maximum absolute atomic E-state index is 12.6. The molecule has 0 saturated heterocycles. The van der Waals surface area contributed by atoms with Crippen LogP contribution in [0.1, 0.15) is 31.2 Å². The van der Waals surface area contributed by atoms with Crippen molar-refractivity contribution in [3.8, 4) is 11.5 Å². The van der Waals surface area contributed by atoms with E-state index in [0.717, 1.165) is 47.8 Å². The van der Waals surface area contributed by atoms with Crippen LogP contribution in [0.2, 0.25) is 0 Å². The summed E-state index contributed by atoms with van der Waals surface area (Å²) in [5.41, 5.74) is 0.799. The van der Waals surface area contributed by atoms with E-state index in [1.54, 1.807) is 6.20 Å². The van der Waals surface area contributed by atoms with Gasteiger partial charge in [0.1, 0.15) is 13.2 Å². The van der Waals surface area contributed by atoms with Crippen molar-refractivity contribution in [2.75, 3.05) is 19.0 Å². The third-order valence-corrected chi connectivity index (χ3v) is 5.86. The Hall–Kier alpha value is -2.21. The second kappa shape index (κ2) is 7.58. The van der Waals surface area contributed by atoms with Crippen molar-refractivity contribution < 1.29 is 14.3 Å². The number of nitrogens with zero attached hydrogens (tertiary/aromatic N) is 1. The van der Waals surface area contributed by atoms with Gasteiger partial charge in [0.2, 0.25) is 5.91 Å². The lowest BCUT2D eigenvalue weighted by molar-refractivity contribution is -0.120. The lowest BCUT2D eigenvalue weighted by atomic mass is 9.87. The molecule has 2 aliphatic rings. The summed E-state index contributed by atoms with van der Waals surface area (Å²) in [4.78, 5) is 16.9. The molecule has 0 atom stereocenters. The number of hydrogen-bond acceptors (Lipinski definition) is 5. The van der Waals surface area contributed by atoms with E-state index in [-0.39, 0.29) is 11.4 Å². The summed E-state index contributed by atoms with van der Waals surface area (Å²) in [5, 5.41) is 4.17. The quantitative estimate of drug-likeness (QED) is 0.816. The van der Waals surface area contributed by atoms with Gasteiger partial charge in [-0.2, -0.15) is 0 Å². The number of rotatable bonds is 5. The number of ether oxygens (including phenoxy) is 2. The second-order valence-corrected chi connectivity index (χ2v) is 7.65. The first-order valence-corrected chi connectivity index (χ1v) is 9.99. The van der Waals surface area contributed by atoms with E-state index < -0.39 is 0 Å². The molecule has 1 aliphatic heterocycles. The Morgan fingerprint density at radius 1 is 1.12 bits per heavy atom. The number of hydrogen-bond donors (Lipinski definition) is 1. The monoisotopic (exact) mass is 370 g/mol. The van der Waals surface area contributed by atoms with Crippen LogP contribution in [0.15, 0.2) is 47.6 Å². The standard InChI is InChI=1S/C20H22N2O3S/c23-18(14-26-19-5-1-4-10-21-19)22-20(8-2-3-9-20)15-6-7-16-17(13-15)25-12-11-24-16/h1,4-7,10,13H,2-3,8-9,11-12,14H2,(H,22,23). The van der Waals surface area contributed by atoms with E-state index in [4.69, 9.17) is 9.47 Å². The molecule has 1 amide bonds. The van der Waals surface area contributed by atoms with Gasteiger partial charge >= 0.3 is 0 Å². The maximum atomic E-state index is 12.6. The molecule has 5 nitrogen and oxygen atoms in total. The number of fused-ring (bicyclic) bond motifs is 1. The van der Waals surface area contributed by atoms with Gasteiger partial charge in [-0.3, -0.25) is 4.79 Å². The smallest absolute Gasteiger partial charge is 0.231 e. The molecule has 1 aromatic heterocycles. The average Bonchev–Trinajstić information content (AvgIpc) is 3.16. The largest absolute Gasteiger partial charge is 0.486 e. The van der Waals surface area contributed by atoms with Crippen LogP contribution in [0.4, 0.5) is 0 Å². The molecular weight excluding hydrogens is 348 g/mol. The summed E-state index contributed by atoms with van der Waals surface area (Å²) in [6, 6.07) is 11.8. The third-order valence-electron chi connectivity index (χ3n) is 4.92. The van der Waals surface area contributed by atoms with Gasteiger partial charge in [-0.15, -0.1) is 0 Å². The third kappa shape index (κ3) is 3.65. The van der Waals surface area contributed by atoms with E-state index in [1.165, 1.54) is 11.8 Å². The number of aromatic nitrogens is 1. The van der Waals surface area contributed by atoms with Gasteiger partial charge in [-0.1, -0.05) is 36.7 Å². The van der Waals surface area contributed by atoms with E-state index >= 15 is 0 Å². The molecule has 2 heterocycles. The number of amides is 1. The first-order valence-electron chi connectivity index (χ1n) is 9.00. The molecule has 1 N–H and O–H groups in total. The van der Waals surface area contributed by atoms with E-state index in [9.17, 15) is 4.79 Å². The van der Waals surface area contributed by atoms with E-state index in [1.807, 2.05) is 30.3 Å². The molecule has 1 aromatic carbocycles. The number of nitrogens with one attached hydrogen (secondary N) is 1. The SMILES string of the molecule is O=C(CSc1ccccn1)NC1(c2ccc3c(c2)OCCO3)CCCC1. The van der Waals surface area contributed by atoms with Crippen molar-refractivity contribution in [1.29, 1.82) is 0 Å². The van der Waals surface area contributed by atoms with Gasteiger partial charge in [-0.25, -0.2) is 4.98 Å². The Morgan fingerprint density at radius 3 is 2.69 bits per heavy atom. The molecular formula is C20H22N2O3S. The van der Waals surface area contributed by atoms with Crippen molar-refractivity contribution in [3.05, 3.63) is 48.2 Å². The highest BCUT2D eigenvalue weighted by molar-refractivity contribution is 7.99. The fourth-order valence-corrected chi connectivity index (χ4v) is 4.34. The molecule has 0 bridgehead atoms. The zero-order valence-electron chi connectivity index (χ0n) is 14.6. The normalized spacial score (nSPS) is 17.7. The molecule has 0 radical (unpaired) electrons. The minimum Gasteiger partial charge on any atom is -0.486 e. The zero-order chi connectivity index (χ0) is 17.8. The van der Waals surface area contributed by atoms with Crippen LogP contribution in [0.3, 0.4) is 0 Å². The van der Waals surface area contributed by atoms with Gasteiger partial charge < -0.3 is 14.8 Å². The Bertz CT molecular complexity index is 776. The van der Waals surface area contributed by atoms with Crippen LogP contribution >= 0.6 is 11.8 Å². The summed E-state index contributed by atoms with van der Waals surface area (Å²) in [6.07, 6.45) is 5.87. The van der Waals surface area contributed by atoms with Crippen molar-refractivity contribution in [2.24, 2.45) is 0 Å². The Kier molecular flexibility index (Phi) is 5.02. The lowest BCUT2D eigenvalue weighted by Gasteiger charge is -2.32. The summed E-state index contributed by atoms with van der Waals surface area (Å²) in [5.74, 6) is 1.96. The van der Waals surface area contributed by atoms with Crippen molar-refractivity contribution in [3.63, 3.8) is 0 Å². The summed E-state index contributed by atoms with van der Waals surface area (Å²) in [7, 11) is 0. The summed E-state index contributed by atoms with van der Waals surface area (Å²) < 4.78 is 11.3. The number of thioether (sulfide) groups is 1. The van der Waals surface area contributed by atoms with Crippen LogP contribution in [0, 0.1) is 0 Å². The van der Waals surface area contributed by atoms with E-state index in [2.05, 4.69) is 16.4 Å². The molecule has 1 fully saturated rings. The molecule has 0 unspecified atom stereocenters. The molecule has 0 spiro atoms. The van der Waals surface area contributed by atoms with Gasteiger partial charge in [0.05, 0.1) is 16.3 Å². The fraction of sp³-hybridized carbons (Fsp3) is 0.400. The van der Waals surface area contributed by atoms with Crippen LogP contribution in [-0.4, -0.2) is 29.9 Å². The van der Waals surface area contributed by atoms with Crippen molar-refractivity contribution in [1.82, 2.24) is 10.3 Å². The van der Waals surface area contributed by atoms with Crippen LogP contribution < -0.4 is 14.8 Å². The minimum absolute atomic E-state index is 0.0393. The highest BCUT2D eigenvalue weighted by Crippen LogP contribution is 2.42. The van der Waals surface area contributed by atoms with Gasteiger partial charge in [0.25, 0.3) is 0 Å². The summed E-state index contributed by atoms with van der Waals surface area (Å²) >= 11 is 1.46. The number of carbonyl (C=O) groups is 1. The molecule has 136 valence electrons. The predicted octanol–water partition coefficient (Wildman–Crippen LogP) is 3.53. The van der Waals surface area contributed by atoms with Crippen molar-refractivity contribution >= 4 is 17.7 Å². The number of benzene rings is 1. The molecule has 26 heavy (non-hydrogen) atoms. The first-order chi connectivity index (χ1) is 12.8. The average molecular weight is 370 g/mol. The summed E-state index contributed by atoms with van der Waals surface area (Å²) in [6.45, 7) is 1.15. The van der Waals surface area contributed by atoms with Crippen molar-refractivity contribution in [2.45, 2.75) is 36.2 Å². The molecule has 1 aliphatic carbocycles. The highest BCUT2D eigenvalue weighted by atomic mass is 32.2. The van der Waals surface area contributed by atoms with E-state index in [0.29, 0.717) is 19.0 Å².